The van der Waals surface area contributed by atoms with Gasteiger partial charge in [-0.05, 0) is 43.7 Å². The standard InChI is InChI=1S/C21H21NO5/c1-11-3-4-12(2)15(7-11)16(23)10-27-17(24)9-22-20(25)18-13-5-6-14(8-13)19(18)21(22)26/h3-7,13-14,18-19H,8-10H2,1-2H3/t13-,14-,18-,19+/m1/s1. The number of hydrogen-bond acceptors (Lipinski definition) is 5. The predicted molar refractivity (Wildman–Crippen MR) is 95.6 cm³/mol. The van der Waals surface area contributed by atoms with E-state index in [4.69, 9.17) is 4.74 Å². The smallest absolute Gasteiger partial charge is 0.326 e. The summed E-state index contributed by atoms with van der Waals surface area (Å²) in [5, 5.41) is 0. The number of likely N-dealkylation sites (tertiary alicyclic amines) is 1. The van der Waals surface area contributed by atoms with Crippen molar-refractivity contribution >= 4 is 23.6 Å². The molecule has 0 spiro atoms. The first-order valence-electron chi connectivity index (χ1n) is 9.16. The van der Waals surface area contributed by atoms with Crippen LogP contribution >= 0.6 is 0 Å². The number of allylic oxidation sites excluding steroid dienone is 2. The largest absolute Gasteiger partial charge is 0.456 e. The molecule has 1 aromatic carbocycles. The van der Waals surface area contributed by atoms with Gasteiger partial charge >= 0.3 is 5.97 Å². The Balaban J connectivity index is 1.36. The normalized spacial score (nSPS) is 28.0. The number of benzene rings is 1. The molecular weight excluding hydrogens is 346 g/mol. The maximum absolute atomic E-state index is 12.6. The van der Waals surface area contributed by atoms with Crippen LogP contribution < -0.4 is 0 Å². The van der Waals surface area contributed by atoms with Crippen LogP contribution in [0.1, 0.15) is 27.9 Å². The van der Waals surface area contributed by atoms with Crippen LogP contribution in [0.4, 0.5) is 0 Å². The fourth-order valence-corrected chi connectivity index (χ4v) is 4.55. The van der Waals surface area contributed by atoms with Gasteiger partial charge in [0.1, 0.15) is 6.54 Å². The Hall–Kier alpha value is -2.76. The number of Topliss-reactive ketones (excluding diaryl/α,β-unsaturated/α-hetero) is 1. The Morgan fingerprint density at radius 3 is 2.33 bits per heavy atom. The zero-order valence-electron chi connectivity index (χ0n) is 15.3. The molecule has 0 radical (unpaired) electrons. The number of aryl methyl sites for hydroxylation is 2. The second-order valence-corrected chi connectivity index (χ2v) is 7.66. The summed E-state index contributed by atoms with van der Waals surface area (Å²) in [6.07, 6.45) is 4.85. The van der Waals surface area contributed by atoms with Gasteiger partial charge in [0, 0.05) is 5.56 Å². The van der Waals surface area contributed by atoms with E-state index in [9.17, 15) is 19.2 Å². The van der Waals surface area contributed by atoms with E-state index in [0.29, 0.717) is 5.56 Å². The lowest BCUT2D eigenvalue weighted by atomic mass is 9.85. The molecule has 2 fully saturated rings. The average Bonchev–Trinajstić information content (AvgIpc) is 3.31. The number of fused-ring (bicyclic) bond motifs is 5. The Morgan fingerprint density at radius 1 is 1.07 bits per heavy atom. The summed E-state index contributed by atoms with van der Waals surface area (Å²) in [5.41, 5.74) is 2.26. The van der Waals surface area contributed by atoms with E-state index in [1.807, 2.05) is 38.1 Å². The van der Waals surface area contributed by atoms with Crippen LogP contribution in [-0.4, -0.2) is 41.6 Å². The van der Waals surface area contributed by atoms with Gasteiger partial charge in [-0.1, -0.05) is 29.8 Å². The number of ether oxygens (including phenoxy) is 1. The van der Waals surface area contributed by atoms with Crippen LogP contribution in [0.15, 0.2) is 30.4 Å². The fourth-order valence-electron chi connectivity index (χ4n) is 4.55. The molecule has 4 atom stereocenters. The molecule has 0 N–H and O–H groups in total. The van der Waals surface area contributed by atoms with Crippen LogP contribution in [-0.2, 0) is 19.1 Å². The molecule has 0 aromatic heterocycles. The summed E-state index contributed by atoms with van der Waals surface area (Å²) in [7, 11) is 0. The van der Waals surface area contributed by atoms with Crippen LogP contribution in [0.2, 0.25) is 0 Å². The Labute approximate surface area is 157 Å². The lowest BCUT2D eigenvalue weighted by Crippen LogP contribution is -2.38. The molecule has 6 heteroatoms. The van der Waals surface area contributed by atoms with Crippen molar-refractivity contribution in [3.8, 4) is 0 Å². The molecule has 1 heterocycles. The van der Waals surface area contributed by atoms with Gasteiger partial charge in [0.15, 0.2) is 6.61 Å². The third kappa shape index (κ3) is 2.89. The Morgan fingerprint density at radius 2 is 1.70 bits per heavy atom. The molecule has 2 amide bonds. The number of ketones is 1. The van der Waals surface area contributed by atoms with Crippen molar-refractivity contribution in [1.82, 2.24) is 4.90 Å². The van der Waals surface area contributed by atoms with E-state index < -0.39 is 19.1 Å². The van der Waals surface area contributed by atoms with Crippen LogP contribution in [0, 0.1) is 37.5 Å². The van der Waals surface area contributed by atoms with Gasteiger partial charge in [0.25, 0.3) is 0 Å². The summed E-state index contributed by atoms with van der Waals surface area (Å²) >= 11 is 0. The molecular formula is C21H21NO5. The van der Waals surface area contributed by atoms with Crippen molar-refractivity contribution < 1.29 is 23.9 Å². The second-order valence-electron chi connectivity index (χ2n) is 7.66. The summed E-state index contributed by atoms with van der Waals surface area (Å²) in [6, 6.07) is 5.50. The quantitative estimate of drug-likeness (QED) is 0.343. The van der Waals surface area contributed by atoms with Gasteiger partial charge in [-0.15, -0.1) is 0 Å². The monoisotopic (exact) mass is 367 g/mol. The number of carbonyl (C=O) groups excluding carboxylic acids is 4. The summed E-state index contributed by atoms with van der Waals surface area (Å²) < 4.78 is 5.05. The molecule has 1 saturated carbocycles. The molecule has 2 aliphatic carbocycles. The molecule has 0 unspecified atom stereocenters. The highest BCUT2D eigenvalue weighted by molar-refractivity contribution is 6.08. The summed E-state index contributed by atoms with van der Waals surface area (Å²) in [6.45, 7) is 2.87. The van der Waals surface area contributed by atoms with Crippen LogP contribution in [0.25, 0.3) is 0 Å². The topological polar surface area (TPSA) is 80.8 Å². The van der Waals surface area contributed by atoms with E-state index in [1.165, 1.54) is 0 Å². The molecule has 1 aromatic rings. The molecule has 1 aliphatic heterocycles. The highest BCUT2D eigenvalue weighted by Gasteiger charge is 2.59. The first-order chi connectivity index (χ1) is 12.9. The maximum Gasteiger partial charge on any atom is 0.326 e. The zero-order valence-corrected chi connectivity index (χ0v) is 15.3. The third-order valence-electron chi connectivity index (χ3n) is 5.91. The molecule has 3 aliphatic rings. The van der Waals surface area contributed by atoms with Crippen molar-refractivity contribution in [3.05, 3.63) is 47.0 Å². The van der Waals surface area contributed by atoms with Crippen LogP contribution in [0.5, 0.6) is 0 Å². The van der Waals surface area contributed by atoms with Crippen molar-refractivity contribution in [2.75, 3.05) is 13.2 Å². The second kappa shape index (κ2) is 6.44. The van der Waals surface area contributed by atoms with Gasteiger partial charge in [-0.25, -0.2) is 0 Å². The number of hydrogen-bond donors (Lipinski definition) is 0. The van der Waals surface area contributed by atoms with Gasteiger partial charge < -0.3 is 4.74 Å². The Bertz CT molecular complexity index is 857. The first-order valence-corrected chi connectivity index (χ1v) is 9.16. The summed E-state index contributed by atoms with van der Waals surface area (Å²) in [5.74, 6) is -2.10. The summed E-state index contributed by atoms with van der Waals surface area (Å²) in [4.78, 5) is 50.6. The average molecular weight is 367 g/mol. The third-order valence-corrected chi connectivity index (χ3v) is 5.91. The lowest BCUT2D eigenvalue weighted by molar-refractivity contribution is -0.152. The number of amides is 2. The molecule has 140 valence electrons. The molecule has 2 bridgehead atoms. The van der Waals surface area contributed by atoms with Crippen molar-refractivity contribution in [2.45, 2.75) is 20.3 Å². The number of nitrogens with zero attached hydrogens (tertiary/aromatic N) is 1. The number of imide groups is 1. The first kappa shape index (κ1) is 17.6. The van der Waals surface area contributed by atoms with Gasteiger partial charge in [-0.3, -0.25) is 24.1 Å². The predicted octanol–water partition coefficient (Wildman–Crippen LogP) is 1.84. The van der Waals surface area contributed by atoms with E-state index in [2.05, 4.69) is 0 Å². The number of esters is 1. The lowest BCUT2D eigenvalue weighted by Gasteiger charge is -2.16. The molecule has 4 rings (SSSR count). The number of carbonyl (C=O) groups is 4. The van der Waals surface area contributed by atoms with Gasteiger partial charge in [0.05, 0.1) is 11.8 Å². The molecule has 1 saturated heterocycles. The maximum atomic E-state index is 12.6. The molecule has 27 heavy (non-hydrogen) atoms. The van der Waals surface area contributed by atoms with E-state index in [0.717, 1.165) is 22.4 Å². The fraction of sp³-hybridized carbons (Fsp3) is 0.429. The minimum Gasteiger partial charge on any atom is -0.456 e. The Kier molecular flexibility index (Phi) is 4.21. The molecule has 6 nitrogen and oxygen atoms in total. The van der Waals surface area contributed by atoms with Crippen LogP contribution in [0.3, 0.4) is 0 Å². The highest BCUT2D eigenvalue weighted by atomic mass is 16.5. The van der Waals surface area contributed by atoms with Crippen molar-refractivity contribution in [1.29, 1.82) is 0 Å². The minimum absolute atomic E-state index is 0.100. The zero-order chi connectivity index (χ0) is 19.3. The van der Waals surface area contributed by atoms with E-state index in [1.54, 1.807) is 6.07 Å². The van der Waals surface area contributed by atoms with Gasteiger partial charge in [0.2, 0.25) is 17.6 Å². The number of rotatable bonds is 5. The minimum atomic E-state index is -0.740. The van der Waals surface area contributed by atoms with E-state index in [-0.39, 0.29) is 41.3 Å². The van der Waals surface area contributed by atoms with Crippen molar-refractivity contribution in [2.24, 2.45) is 23.7 Å². The van der Waals surface area contributed by atoms with E-state index >= 15 is 0 Å². The van der Waals surface area contributed by atoms with Gasteiger partial charge in [-0.2, -0.15) is 0 Å². The SMILES string of the molecule is Cc1ccc(C)c(C(=O)COC(=O)CN2C(=O)[C@@H]3[C@H](C2=O)[C@@H]2C=C[C@@H]3C2)c1. The van der Waals surface area contributed by atoms with Crippen molar-refractivity contribution in [3.63, 3.8) is 0 Å². The highest BCUT2D eigenvalue weighted by Crippen LogP contribution is 2.52.